The number of nitriles is 1. The third kappa shape index (κ3) is 6.14. The topological polar surface area (TPSA) is 148 Å². The normalized spacial score (nSPS) is 18.9. The van der Waals surface area contributed by atoms with E-state index in [9.17, 15) is 24.4 Å². The van der Waals surface area contributed by atoms with Crippen molar-refractivity contribution in [2.75, 3.05) is 29.9 Å². The Morgan fingerprint density at radius 1 is 1.04 bits per heavy atom. The molecule has 12 nitrogen and oxygen atoms in total. The molecule has 254 valence electrons. The Hall–Kier alpha value is -5.74. The second kappa shape index (κ2) is 13.6. The van der Waals surface area contributed by atoms with Gasteiger partial charge in [-0.05, 0) is 68.5 Å². The van der Waals surface area contributed by atoms with Gasteiger partial charge in [-0.25, -0.2) is 9.78 Å². The van der Waals surface area contributed by atoms with Crippen LogP contribution in [0.3, 0.4) is 0 Å². The van der Waals surface area contributed by atoms with Crippen LogP contribution in [0.4, 0.5) is 21.9 Å². The Bertz CT molecular complexity index is 2100. The molecule has 0 unspecified atom stereocenters. The summed E-state index contributed by atoms with van der Waals surface area (Å²) in [6, 6.07) is 17.6. The van der Waals surface area contributed by atoms with Crippen molar-refractivity contribution >= 4 is 62.4 Å². The molecule has 2 N–H and O–H groups in total. The largest absolute Gasteiger partial charge is 0.455 e. The van der Waals surface area contributed by atoms with Gasteiger partial charge in [0.25, 0.3) is 11.8 Å². The van der Waals surface area contributed by atoms with Gasteiger partial charge in [0.1, 0.15) is 27.1 Å². The summed E-state index contributed by atoms with van der Waals surface area (Å²) in [5.41, 5.74) is 2.43. The first kappa shape index (κ1) is 32.8. The molecular weight excluding hydrogens is 655 g/mol. The molecule has 50 heavy (non-hydrogen) atoms. The van der Waals surface area contributed by atoms with Crippen LogP contribution in [-0.4, -0.2) is 70.3 Å². The number of hydrogen-bond acceptors (Lipinski definition) is 8. The van der Waals surface area contributed by atoms with Crippen LogP contribution < -0.4 is 20.3 Å². The van der Waals surface area contributed by atoms with Gasteiger partial charge in [0, 0.05) is 38.8 Å². The van der Waals surface area contributed by atoms with E-state index in [4.69, 9.17) is 4.74 Å². The summed E-state index contributed by atoms with van der Waals surface area (Å²) in [6.07, 6.45) is 6.01. The van der Waals surface area contributed by atoms with Gasteiger partial charge in [0.05, 0.1) is 28.5 Å². The van der Waals surface area contributed by atoms with Crippen molar-refractivity contribution in [2.45, 2.75) is 51.6 Å². The van der Waals surface area contributed by atoms with Crippen LogP contribution in [0, 0.1) is 18.3 Å². The number of thiophene rings is 1. The standard InChI is InChI=1S/C37H35N7O5S/c1-22-9-3-5-13-29(22)49-30-14-6-4-12-27(30)44-28-15-16-39-35-31(28)32(41-37(44)48)33(50-35)34(46)40-25-10-7-17-42(21-25)36(47)24(20-38)19-26-11-8-18-43(26)23(2)45/h3-6,9,12-16,19,25-26H,7-8,10-11,17-18,21H2,1-2H3,(H,40,46)(H,41,48)/b24-19+/t25-,26-/m1/s1. The summed E-state index contributed by atoms with van der Waals surface area (Å²) < 4.78 is 6.28. The molecule has 0 aliphatic carbocycles. The third-order valence-electron chi connectivity index (χ3n) is 9.33. The number of ether oxygens (including phenoxy) is 1. The molecule has 3 aliphatic rings. The number of amides is 5. The van der Waals surface area contributed by atoms with E-state index in [1.54, 1.807) is 40.3 Å². The quantitative estimate of drug-likeness (QED) is 0.172. The Morgan fingerprint density at radius 2 is 1.80 bits per heavy atom. The number of likely N-dealkylation sites (tertiary alicyclic amines) is 2. The summed E-state index contributed by atoms with van der Waals surface area (Å²) in [7, 11) is 0. The predicted octanol–water partition coefficient (Wildman–Crippen LogP) is 6.26. The summed E-state index contributed by atoms with van der Waals surface area (Å²) in [5.74, 6) is 0.279. The van der Waals surface area contributed by atoms with Crippen LogP contribution in [0.25, 0.3) is 10.2 Å². The van der Waals surface area contributed by atoms with Crippen LogP contribution in [0.5, 0.6) is 11.5 Å². The molecule has 0 spiro atoms. The number of rotatable bonds is 7. The maximum absolute atomic E-state index is 13.8. The fraction of sp³-hybridized carbons (Fsp3) is 0.297. The molecule has 2 aromatic heterocycles. The van der Waals surface area contributed by atoms with Crippen molar-refractivity contribution in [1.82, 2.24) is 20.1 Å². The van der Waals surface area contributed by atoms with E-state index in [2.05, 4.69) is 15.6 Å². The number of anilines is 3. The molecule has 2 atom stereocenters. The number of para-hydroxylation sites is 3. The van der Waals surface area contributed by atoms with Gasteiger partial charge >= 0.3 is 6.03 Å². The summed E-state index contributed by atoms with van der Waals surface area (Å²) in [5, 5.41) is 16.5. The van der Waals surface area contributed by atoms with Crippen LogP contribution in [0.1, 0.15) is 47.8 Å². The number of benzene rings is 2. The van der Waals surface area contributed by atoms with Crippen molar-refractivity contribution in [2.24, 2.45) is 0 Å². The molecule has 13 heteroatoms. The highest BCUT2D eigenvalue weighted by Crippen LogP contribution is 2.48. The lowest BCUT2D eigenvalue weighted by molar-refractivity contribution is -0.130. The fourth-order valence-corrected chi connectivity index (χ4v) is 7.93. The number of urea groups is 1. The summed E-state index contributed by atoms with van der Waals surface area (Å²) >= 11 is 1.18. The van der Waals surface area contributed by atoms with Gasteiger partial charge < -0.3 is 25.2 Å². The highest BCUT2D eigenvalue weighted by atomic mass is 32.1. The van der Waals surface area contributed by atoms with Crippen molar-refractivity contribution in [1.29, 1.82) is 5.26 Å². The number of pyridine rings is 1. The van der Waals surface area contributed by atoms with E-state index in [-0.39, 0.29) is 36.0 Å². The third-order valence-corrected chi connectivity index (χ3v) is 10.4. The minimum absolute atomic E-state index is 0.000748. The Balaban J connectivity index is 1.12. The Labute approximate surface area is 292 Å². The number of aromatic nitrogens is 1. The van der Waals surface area contributed by atoms with Crippen molar-refractivity contribution in [3.8, 4) is 17.6 Å². The van der Waals surface area contributed by atoms with Crippen molar-refractivity contribution < 1.29 is 23.9 Å². The van der Waals surface area contributed by atoms with Crippen LogP contribution in [0.2, 0.25) is 0 Å². The Kier molecular flexibility index (Phi) is 8.95. The number of carbonyl (C=O) groups excluding carboxylic acids is 4. The van der Waals surface area contributed by atoms with E-state index in [1.165, 1.54) is 23.2 Å². The number of piperidine rings is 1. The number of nitrogens with zero attached hydrogens (tertiary/aromatic N) is 5. The summed E-state index contributed by atoms with van der Waals surface area (Å²) in [6.45, 7) is 4.72. The van der Waals surface area contributed by atoms with Crippen LogP contribution >= 0.6 is 11.3 Å². The second-order valence-corrected chi connectivity index (χ2v) is 13.6. The number of carbonyl (C=O) groups is 4. The molecule has 7 rings (SSSR count). The molecule has 0 bridgehead atoms. The monoisotopic (exact) mass is 689 g/mol. The molecule has 2 aromatic carbocycles. The lowest BCUT2D eigenvalue weighted by atomic mass is 10.0. The second-order valence-electron chi connectivity index (χ2n) is 12.6. The first-order valence-electron chi connectivity index (χ1n) is 16.6. The fourth-order valence-electron chi connectivity index (χ4n) is 6.91. The smallest absolute Gasteiger partial charge is 0.331 e. The van der Waals surface area contributed by atoms with Gasteiger partial charge in [0.2, 0.25) is 5.91 Å². The van der Waals surface area contributed by atoms with E-state index < -0.39 is 11.9 Å². The van der Waals surface area contributed by atoms with E-state index in [0.717, 1.165) is 12.0 Å². The Morgan fingerprint density at radius 3 is 2.58 bits per heavy atom. The lowest BCUT2D eigenvalue weighted by Gasteiger charge is -2.33. The number of aryl methyl sites for hydroxylation is 1. The number of nitrogens with one attached hydrogen (secondary N) is 2. The zero-order valence-electron chi connectivity index (χ0n) is 27.6. The van der Waals surface area contributed by atoms with E-state index in [1.807, 2.05) is 49.4 Å². The molecule has 0 saturated carbocycles. The minimum Gasteiger partial charge on any atom is -0.455 e. The SMILES string of the molecule is CC(=O)N1CCC[C@@H]1/C=C(\C#N)C(=O)N1CCC[C@@H](NC(=O)c2sc3nccc4c3c2NC(=O)N4c2ccccc2Oc2ccccc2C)C1. The van der Waals surface area contributed by atoms with Gasteiger partial charge in [-0.1, -0.05) is 30.3 Å². The first-order valence-corrected chi connectivity index (χ1v) is 17.4. The van der Waals surface area contributed by atoms with E-state index in [0.29, 0.717) is 76.0 Å². The average Bonchev–Trinajstić information content (AvgIpc) is 3.74. The zero-order chi connectivity index (χ0) is 34.9. The molecule has 5 amide bonds. The van der Waals surface area contributed by atoms with Gasteiger partial charge in [-0.3, -0.25) is 19.3 Å². The molecule has 2 fully saturated rings. The van der Waals surface area contributed by atoms with Gasteiger partial charge in [-0.2, -0.15) is 5.26 Å². The van der Waals surface area contributed by atoms with Crippen LogP contribution in [-0.2, 0) is 9.59 Å². The highest BCUT2D eigenvalue weighted by Gasteiger charge is 2.35. The minimum atomic E-state index is -0.450. The molecular formula is C37H35N7O5S. The lowest BCUT2D eigenvalue weighted by Crippen LogP contribution is -2.50. The molecule has 5 heterocycles. The molecule has 4 aromatic rings. The molecule has 0 radical (unpaired) electrons. The van der Waals surface area contributed by atoms with Crippen molar-refractivity contribution in [3.63, 3.8) is 0 Å². The van der Waals surface area contributed by atoms with Gasteiger partial charge in [0.15, 0.2) is 5.75 Å². The molecule has 2 saturated heterocycles. The predicted molar refractivity (Wildman–Crippen MR) is 190 cm³/mol. The molecule has 3 aliphatic heterocycles. The maximum atomic E-state index is 13.8. The highest BCUT2D eigenvalue weighted by molar-refractivity contribution is 7.21. The zero-order valence-corrected chi connectivity index (χ0v) is 28.5. The van der Waals surface area contributed by atoms with Gasteiger partial charge in [-0.15, -0.1) is 11.3 Å². The summed E-state index contributed by atoms with van der Waals surface area (Å²) in [4.78, 5) is 63.3. The maximum Gasteiger partial charge on any atom is 0.331 e. The van der Waals surface area contributed by atoms with E-state index >= 15 is 0 Å². The average molecular weight is 690 g/mol. The van der Waals surface area contributed by atoms with Crippen molar-refractivity contribution in [3.05, 3.63) is 82.9 Å². The number of hydrogen-bond donors (Lipinski definition) is 2. The van der Waals surface area contributed by atoms with Crippen LogP contribution in [0.15, 0.2) is 72.4 Å². The first-order chi connectivity index (χ1) is 24.2.